The van der Waals surface area contributed by atoms with Crippen LogP contribution in [-0.2, 0) is 4.79 Å². The Morgan fingerprint density at radius 2 is 2.00 bits per heavy atom. The van der Waals surface area contributed by atoms with Crippen LogP contribution in [0.3, 0.4) is 0 Å². The van der Waals surface area contributed by atoms with Crippen LogP contribution in [0.1, 0.15) is 27.2 Å². The molecule has 0 aromatic carbocycles. The molecule has 0 bridgehead atoms. The quantitative estimate of drug-likeness (QED) is 0.791. The van der Waals surface area contributed by atoms with Gasteiger partial charge in [-0.05, 0) is 46.8 Å². The minimum atomic E-state index is -0.700. The lowest BCUT2D eigenvalue weighted by Crippen LogP contribution is -2.35. The number of carboxylic acids is 1. The highest BCUT2D eigenvalue weighted by atomic mass is 16.4. The number of hydrogen-bond acceptors (Lipinski definition) is 3. The molecule has 2 atom stereocenters. The van der Waals surface area contributed by atoms with Gasteiger partial charge in [-0.2, -0.15) is 0 Å². The van der Waals surface area contributed by atoms with Gasteiger partial charge in [0.05, 0.1) is 5.41 Å². The Labute approximate surface area is 105 Å². The van der Waals surface area contributed by atoms with Crippen molar-refractivity contribution in [3.05, 3.63) is 0 Å². The van der Waals surface area contributed by atoms with E-state index in [1.807, 2.05) is 0 Å². The van der Waals surface area contributed by atoms with Gasteiger partial charge in [0, 0.05) is 19.1 Å². The molecule has 0 aromatic rings. The van der Waals surface area contributed by atoms with Crippen LogP contribution in [0, 0.1) is 11.3 Å². The molecule has 1 aliphatic heterocycles. The van der Waals surface area contributed by atoms with Crippen molar-refractivity contribution < 1.29 is 9.90 Å². The molecule has 1 heterocycles. The molecule has 1 fully saturated rings. The van der Waals surface area contributed by atoms with E-state index in [-0.39, 0.29) is 0 Å². The number of likely N-dealkylation sites (tertiary alicyclic amines) is 1. The first-order valence-corrected chi connectivity index (χ1v) is 6.36. The summed E-state index contributed by atoms with van der Waals surface area (Å²) >= 11 is 0. The maximum Gasteiger partial charge on any atom is 0.309 e. The van der Waals surface area contributed by atoms with Crippen molar-refractivity contribution in [3.63, 3.8) is 0 Å². The average Bonchev–Trinajstić information content (AvgIpc) is 2.57. The van der Waals surface area contributed by atoms with Crippen LogP contribution in [0.4, 0.5) is 0 Å². The number of aliphatic carboxylic acids is 1. The fourth-order valence-electron chi connectivity index (χ4n) is 2.45. The fourth-order valence-corrected chi connectivity index (χ4v) is 2.45. The summed E-state index contributed by atoms with van der Waals surface area (Å²) in [6.07, 6.45) is 0.717. The average molecular weight is 242 g/mol. The van der Waals surface area contributed by atoms with Crippen LogP contribution in [0.25, 0.3) is 0 Å². The molecule has 1 saturated heterocycles. The lowest BCUT2D eigenvalue weighted by molar-refractivity contribution is -0.147. The first-order valence-electron chi connectivity index (χ1n) is 6.36. The Bertz CT molecular complexity index is 277. The third-order valence-corrected chi connectivity index (χ3v) is 3.94. The summed E-state index contributed by atoms with van der Waals surface area (Å²) in [6.45, 7) is 8.90. The predicted octanol–water partition coefficient (Wildman–Crippen LogP) is 1.37. The second-order valence-corrected chi connectivity index (χ2v) is 6.21. The zero-order valence-corrected chi connectivity index (χ0v) is 11.7. The topological polar surface area (TPSA) is 43.8 Å². The summed E-state index contributed by atoms with van der Waals surface area (Å²) in [5.41, 5.74) is -0.612. The van der Waals surface area contributed by atoms with E-state index in [9.17, 15) is 4.79 Å². The fraction of sp³-hybridized carbons (Fsp3) is 0.923. The monoisotopic (exact) mass is 242 g/mol. The minimum absolute atomic E-state index is 0.600. The van der Waals surface area contributed by atoms with Crippen molar-refractivity contribution in [1.82, 2.24) is 9.80 Å². The van der Waals surface area contributed by atoms with Crippen LogP contribution < -0.4 is 0 Å². The molecule has 0 amide bonds. The van der Waals surface area contributed by atoms with Gasteiger partial charge in [-0.1, -0.05) is 6.92 Å². The van der Waals surface area contributed by atoms with Gasteiger partial charge in [0.1, 0.15) is 0 Å². The van der Waals surface area contributed by atoms with Gasteiger partial charge >= 0.3 is 5.97 Å². The van der Waals surface area contributed by atoms with Crippen LogP contribution >= 0.6 is 0 Å². The van der Waals surface area contributed by atoms with E-state index in [1.54, 1.807) is 13.8 Å². The Kier molecular flexibility index (Phi) is 4.55. The van der Waals surface area contributed by atoms with Gasteiger partial charge in [0.15, 0.2) is 0 Å². The normalized spacial score (nSPS) is 26.7. The van der Waals surface area contributed by atoms with E-state index in [4.69, 9.17) is 5.11 Å². The standard InChI is InChI=1S/C13H26N2O2/c1-10-8-15(9-11(10)14(4)5)7-6-13(2,3)12(16)17/h10-11H,6-9H2,1-5H3,(H,16,17). The Hall–Kier alpha value is -0.610. The first kappa shape index (κ1) is 14.5. The summed E-state index contributed by atoms with van der Waals surface area (Å²) in [4.78, 5) is 15.7. The van der Waals surface area contributed by atoms with Gasteiger partial charge in [-0.3, -0.25) is 4.79 Å². The zero-order chi connectivity index (χ0) is 13.2. The third-order valence-electron chi connectivity index (χ3n) is 3.94. The number of carbonyl (C=O) groups is 1. The van der Waals surface area contributed by atoms with Crippen LogP contribution in [0.5, 0.6) is 0 Å². The number of nitrogens with zero attached hydrogens (tertiary/aromatic N) is 2. The summed E-state index contributed by atoms with van der Waals surface area (Å²) < 4.78 is 0. The highest BCUT2D eigenvalue weighted by Gasteiger charge is 2.33. The smallest absolute Gasteiger partial charge is 0.309 e. The second-order valence-electron chi connectivity index (χ2n) is 6.21. The largest absolute Gasteiger partial charge is 0.481 e. The van der Waals surface area contributed by atoms with Crippen molar-refractivity contribution in [3.8, 4) is 0 Å². The second kappa shape index (κ2) is 5.36. The maximum absolute atomic E-state index is 11.0. The molecule has 1 rings (SSSR count). The molecule has 2 unspecified atom stereocenters. The maximum atomic E-state index is 11.0. The molecule has 0 spiro atoms. The molecule has 0 aromatic heterocycles. The van der Waals surface area contributed by atoms with Crippen molar-refractivity contribution in [1.29, 1.82) is 0 Å². The molecule has 1 aliphatic rings. The molecule has 4 heteroatoms. The SMILES string of the molecule is CC1CN(CCC(C)(C)C(=O)O)CC1N(C)C. The van der Waals surface area contributed by atoms with Gasteiger partial charge in [-0.15, -0.1) is 0 Å². The van der Waals surface area contributed by atoms with E-state index in [2.05, 4.69) is 30.8 Å². The lowest BCUT2D eigenvalue weighted by atomic mass is 9.89. The third kappa shape index (κ3) is 3.68. The number of carboxylic acid groups (broad SMARTS) is 1. The van der Waals surface area contributed by atoms with E-state index in [0.717, 1.165) is 26.1 Å². The zero-order valence-electron chi connectivity index (χ0n) is 11.7. The van der Waals surface area contributed by atoms with Crippen molar-refractivity contribution in [2.24, 2.45) is 11.3 Å². The Balaban J connectivity index is 2.43. The molecule has 0 radical (unpaired) electrons. The van der Waals surface area contributed by atoms with Crippen LogP contribution in [0.15, 0.2) is 0 Å². The summed E-state index contributed by atoms with van der Waals surface area (Å²) in [6, 6.07) is 0.600. The summed E-state index contributed by atoms with van der Waals surface area (Å²) in [5.74, 6) is -0.0353. The molecule has 4 nitrogen and oxygen atoms in total. The van der Waals surface area contributed by atoms with E-state index in [1.165, 1.54) is 0 Å². The molecule has 100 valence electrons. The summed E-state index contributed by atoms with van der Waals surface area (Å²) in [5, 5.41) is 9.08. The summed E-state index contributed by atoms with van der Waals surface area (Å²) in [7, 11) is 4.23. The highest BCUT2D eigenvalue weighted by Crippen LogP contribution is 2.25. The van der Waals surface area contributed by atoms with Crippen LogP contribution in [-0.4, -0.2) is 60.6 Å². The highest BCUT2D eigenvalue weighted by molar-refractivity contribution is 5.73. The molecule has 0 aliphatic carbocycles. The Morgan fingerprint density at radius 1 is 1.41 bits per heavy atom. The number of hydrogen-bond donors (Lipinski definition) is 1. The van der Waals surface area contributed by atoms with Crippen molar-refractivity contribution in [2.75, 3.05) is 33.7 Å². The van der Waals surface area contributed by atoms with Crippen molar-refractivity contribution >= 4 is 5.97 Å². The molecular weight excluding hydrogens is 216 g/mol. The van der Waals surface area contributed by atoms with E-state index in [0.29, 0.717) is 12.0 Å². The molecule has 0 saturated carbocycles. The number of rotatable bonds is 5. The minimum Gasteiger partial charge on any atom is -0.481 e. The molecule has 17 heavy (non-hydrogen) atoms. The van der Waals surface area contributed by atoms with Crippen molar-refractivity contribution in [2.45, 2.75) is 33.2 Å². The predicted molar refractivity (Wildman–Crippen MR) is 69.1 cm³/mol. The Morgan fingerprint density at radius 3 is 2.41 bits per heavy atom. The van der Waals surface area contributed by atoms with E-state index < -0.39 is 11.4 Å². The van der Waals surface area contributed by atoms with Gasteiger partial charge in [-0.25, -0.2) is 0 Å². The van der Waals surface area contributed by atoms with Gasteiger partial charge in [0.25, 0.3) is 0 Å². The van der Waals surface area contributed by atoms with E-state index >= 15 is 0 Å². The lowest BCUT2D eigenvalue weighted by Gasteiger charge is -2.24. The van der Waals surface area contributed by atoms with Gasteiger partial charge < -0.3 is 14.9 Å². The van der Waals surface area contributed by atoms with Crippen LogP contribution in [0.2, 0.25) is 0 Å². The molecule has 1 N–H and O–H groups in total. The first-order chi connectivity index (χ1) is 7.74. The number of likely N-dealkylation sites (N-methyl/N-ethyl adjacent to an activating group) is 1. The molecular formula is C13H26N2O2. The van der Waals surface area contributed by atoms with Gasteiger partial charge in [0.2, 0.25) is 0 Å².